The first-order valence-electron chi connectivity index (χ1n) is 5.97. The Labute approximate surface area is 111 Å². The number of benzene rings is 1. The number of halogens is 1. The van der Waals surface area contributed by atoms with E-state index in [4.69, 9.17) is 9.47 Å². The second kappa shape index (κ2) is 6.38. The summed E-state index contributed by atoms with van der Waals surface area (Å²) in [6.45, 7) is 2.42. The maximum atomic E-state index is 6.10. The standard InChI is InChI=1S/C13H18BrNO2/c1-15-9-10-3-2-4-12(14)13(10)17-11-5-7-16-8-6-11/h2-4,11,15H,5-9H2,1H3. The monoisotopic (exact) mass is 299 g/mol. The summed E-state index contributed by atoms with van der Waals surface area (Å²) >= 11 is 3.56. The molecule has 1 N–H and O–H groups in total. The van der Waals surface area contributed by atoms with Gasteiger partial charge in [0.2, 0.25) is 0 Å². The molecule has 1 aliphatic rings. The highest BCUT2D eigenvalue weighted by atomic mass is 79.9. The van der Waals surface area contributed by atoms with Crippen LogP contribution in [0, 0.1) is 0 Å². The SMILES string of the molecule is CNCc1cccc(Br)c1OC1CCOCC1. The van der Waals surface area contributed by atoms with Crippen LogP contribution in [0.2, 0.25) is 0 Å². The molecule has 1 aromatic rings. The van der Waals surface area contributed by atoms with E-state index in [-0.39, 0.29) is 6.10 Å². The Morgan fingerprint density at radius 2 is 2.18 bits per heavy atom. The Morgan fingerprint density at radius 3 is 2.88 bits per heavy atom. The van der Waals surface area contributed by atoms with Gasteiger partial charge >= 0.3 is 0 Å². The first-order chi connectivity index (χ1) is 8.31. The molecule has 2 rings (SSSR count). The zero-order chi connectivity index (χ0) is 12.1. The Morgan fingerprint density at radius 1 is 1.41 bits per heavy atom. The van der Waals surface area contributed by atoms with E-state index in [1.165, 1.54) is 5.56 Å². The average Bonchev–Trinajstić information content (AvgIpc) is 2.35. The predicted molar refractivity (Wildman–Crippen MR) is 71.4 cm³/mol. The van der Waals surface area contributed by atoms with Crippen LogP contribution < -0.4 is 10.1 Å². The van der Waals surface area contributed by atoms with Gasteiger partial charge in [0.15, 0.2) is 0 Å². The molecule has 4 heteroatoms. The molecule has 0 unspecified atom stereocenters. The summed E-state index contributed by atoms with van der Waals surface area (Å²) in [7, 11) is 1.94. The van der Waals surface area contributed by atoms with E-state index < -0.39 is 0 Å². The molecule has 0 amide bonds. The number of nitrogens with one attached hydrogen (secondary N) is 1. The lowest BCUT2D eigenvalue weighted by Crippen LogP contribution is -2.26. The summed E-state index contributed by atoms with van der Waals surface area (Å²) in [5, 5.41) is 3.16. The van der Waals surface area contributed by atoms with Crippen LogP contribution in [0.25, 0.3) is 0 Å². The van der Waals surface area contributed by atoms with Gasteiger partial charge in [-0.2, -0.15) is 0 Å². The van der Waals surface area contributed by atoms with Crippen LogP contribution in [0.4, 0.5) is 0 Å². The molecular weight excluding hydrogens is 282 g/mol. The van der Waals surface area contributed by atoms with Crippen molar-refractivity contribution in [3.05, 3.63) is 28.2 Å². The Bertz CT molecular complexity index is 364. The largest absolute Gasteiger partial charge is 0.489 e. The molecular formula is C13H18BrNO2. The smallest absolute Gasteiger partial charge is 0.138 e. The fourth-order valence-corrected chi connectivity index (χ4v) is 2.48. The minimum Gasteiger partial charge on any atom is -0.489 e. The van der Waals surface area contributed by atoms with Crippen LogP contribution in [0.15, 0.2) is 22.7 Å². The first-order valence-corrected chi connectivity index (χ1v) is 6.77. The molecule has 0 bridgehead atoms. The fourth-order valence-electron chi connectivity index (χ4n) is 1.98. The van der Waals surface area contributed by atoms with Gasteiger partial charge in [-0.3, -0.25) is 0 Å². The van der Waals surface area contributed by atoms with Crippen molar-refractivity contribution < 1.29 is 9.47 Å². The van der Waals surface area contributed by atoms with Crippen molar-refractivity contribution in [1.29, 1.82) is 0 Å². The van der Waals surface area contributed by atoms with Gasteiger partial charge in [0.1, 0.15) is 11.9 Å². The minimum absolute atomic E-state index is 0.276. The van der Waals surface area contributed by atoms with Crippen molar-refractivity contribution >= 4 is 15.9 Å². The molecule has 1 fully saturated rings. The van der Waals surface area contributed by atoms with E-state index in [2.05, 4.69) is 27.3 Å². The second-order valence-electron chi connectivity index (χ2n) is 4.19. The zero-order valence-corrected chi connectivity index (χ0v) is 11.6. The summed E-state index contributed by atoms with van der Waals surface area (Å²) in [6, 6.07) is 6.15. The first kappa shape index (κ1) is 12.9. The third-order valence-corrected chi connectivity index (χ3v) is 3.49. The highest BCUT2D eigenvalue weighted by Crippen LogP contribution is 2.31. The van der Waals surface area contributed by atoms with E-state index in [0.29, 0.717) is 0 Å². The molecule has 1 saturated heterocycles. The number of ether oxygens (including phenoxy) is 2. The normalized spacial score (nSPS) is 17.1. The quantitative estimate of drug-likeness (QED) is 0.927. The molecule has 94 valence electrons. The number of para-hydroxylation sites is 1. The molecule has 0 radical (unpaired) electrons. The van der Waals surface area contributed by atoms with Crippen molar-refractivity contribution in [2.24, 2.45) is 0 Å². The van der Waals surface area contributed by atoms with E-state index in [0.717, 1.165) is 42.8 Å². The highest BCUT2D eigenvalue weighted by Gasteiger charge is 2.18. The van der Waals surface area contributed by atoms with Crippen molar-refractivity contribution in [3.63, 3.8) is 0 Å². The van der Waals surface area contributed by atoms with Gasteiger partial charge in [-0.15, -0.1) is 0 Å². The number of rotatable bonds is 4. The van der Waals surface area contributed by atoms with Crippen molar-refractivity contribution in [2.45, 2.75) is 25.5 Å². The molecule has 1 aliphatic heterocycles. The lowest BCUT2D eigenvalue weighted by atomic mass is 10.1. The average molecular weight is 300 g/mol. The molecule has 3 nitrogen and oxygen atoms in total. The van der Waals surface area contributed by atoms with Crippen LogP contribution >= 0.6 is 15.9 Å². The molecule has 1 heterocycles. The van der Waals surface area contributed by atoms with Crippen LogP contribution in [0.1, 0.15) is 18.4 Å². The molecule has 0 spiro atoms. The lowest BCUT2D eigenvalue weighted by Gasteiger charge is -2.25. The molecule has 0 aromatic heterocycles. The van der Waals surface area contributed by atoms with Crippen molar-refractivity contribution in [2.75, 3.05) is 20.3 Å². The van der Waals surface area contributed by atoms with E-state index in [1.54, 1.807) is 0 Å². The third kappa shape index (κ3) is 3.44. The zero-order valence-electron chi connectivity index (χ0n) is 10.0. The van der Waals surface area contributed by atoms with Gasteiger partial charge in [-0.25, -0.2) is 0 Å². The summed E-state index contributed by atoms with van der Waals surface area (Å²) < 4.78 is 12.5. The number of hydrogen-bond donors (Lipinski definition) is 1. The third-order valence-electron chi connectivity index (χ3n) is 2.87. The van der Waals surface area contributed by atoms with Gasteiger partial charge in [-0.1, -0.05) is 12.1 Å². The summed E-state index contributed by atoms with van der Waals surface area (Å²) in [5.74, 6) is 0.966. The van der Waals surface area contributed by atoms with Gasteiger partial charge < -0.3 is 14.8 Å². The molecule has 17 heavy (non-hydrogen) atoms. The summed E-state index contributed by atoms with van der Waals surface area (Å²) in [6.07, 6.45) is 2.22. The summed E-state index contributed by atoms with van der Waals surface area (Å²) in [5.41, 5.74) is 1.19. The molecule has 0 aliphatic carbocycles. The predicted octanol–water partition coefficient (Wildman–Crippen LogP) is 2.73. The van der Waals surface area contributed by atoms with Gasteiger partial charge in [0.05, 0.1) is 17.7 Å². The van der Waals surface area contributed by atoms with E-state index in [1.807, 2.05) is 19.2 Å². The number of hydrogen-bond acceptors (Lipinski definition) is 3. The molecule has 0 atom stereocenters. The highest BCUT2D eigenvalue weighted by molar-refractivity contribution is 9.10. The second-order valence-corrected chi connectivity index (χ2v) is 5.04. The van der Waals surface area contributed by atoms with Gasteiger partial charge in [0, 0.05) is 24.9 Å². The Balaban J connectivity index is 2.12. The van der Waals surface area contributed by atoms with Crippen molar-refractivity contribution in [1.82, 2.24) is 5.32 Å². The van der Waals surface area contributed by atoms with Crippen molar-refractivity contribution in [3.8, 4) is 5.75 Å². The van der Waals surface area contributed by atoms with Crippen LogP contribution in [-0.4, -0.2) is 26.4 Å². The minimum atomic E-state index is 0.276. The molecule has 0 saturated carbocycles. The summed E-state index contributed by atoms with van der Waals surface area (Å²) in [4.78, 5) is 0. The molecule has 1 aromatic carbocycles. The van der Waals surface area contributed by atoms with Gasteiger partial charge in [0.25, 0.3) is 0 Å². The Hall–Kier alpha value is -0.580. The van der Waals surface area contributed by atoms with Gasteiger partial charge in [-0.05, 0) is 29.0 Å². The van der Waals surface area contributed by atoms with Crippen LogP contribution in [0.3, 0.4) is 0 Å². The van der Waals surface area contributed by atoms with Crippen LogP contribution in [-0.2, 0) is 11.3 Å². The Kier molecular flexibility index (Phi) is 4.83. The van der Waals surface area contributed by atoms with Crippen LogP contribution in [0.5, 0.6) is 5.75 Å². The van der Waals surface area contributed by atoms with E-state index in [9.17, 15) is 0 Å². The lowest BCUT2D eigenvalue weighted by molar-refractivity contribution is 0.0248. The van der Waals surface area contributed by atoms with E-state index >= 15 is 0 Å². The maximum Gasteiger partial charge on any atom is 0.138 e. The topological polar surface area (TPSA) is 30.5 Å². The fraction of sp³-hybridized carbons (Fsp3) is 0.538. The maximum absolute atomic E-state index is 6.10.